The molecule has 136 valence electrons. The molecule has 0 fully saturated rings. The lowest BCUT2D eigenvalue weighted by atomic mass is 10.00. The molecule has 1 atom stereocenters. The summed E-state index contributed by atoms with van der Waals surface area (Å²) in [5.74, 6) is -0.0652. The molecule has 1 heterocycles. The lowest BCUT2D eigenvalue weighted by Gasteiger charge is -2.17. The number of aryl methyl sites for hydroxylation is 2. The fourth-order valence-electron chi connectivity index (χ4n) is 2.99. The van der Waals surface area contributed by atoms with Gasteiger partial charge in [0.05, 0.1) is 10.9 Å². The maximum atomic E-state index is 12.3. The third kappa shape index (κ3) is 3.62. The van der Waals surface area contributed by atoms with Crippen molar-refractivity contribution < 1.29 is 13.2 Å². The van der Waals surface area contributed by atoms with Crippen molar-refractivity contribution in [1.29, 1.82) is 0 Å². The molecule has 0 radical (unpaired) electrons. The molecule has 2 aromatic carbocycles. The molecule has 0 aliphatic carbocycles. The average molecular weight is 371 g/mol. The Bertz CT molecular complexity index is 997. The van der Waals surface area contributed by atoms with Crippen molar-refractivity contribution in [2.45, 2.75) is 31.7 Å². The topological polar surface area (TPSA) is 87.6 Å². The monoisotopic (exact) mass is 371 g/mol. The van der Waals surface area contributed by atoms with E-state index in [1.165, 1.54) is 6.07 Å². The zero-order valence-electron chi connectivity index (χ0n) is 14.9. The van der Waals surface area contributed by atoms with Gasteiger partial charge in [-0.25, -0.2) is 8.42 Å². The zero-order chi connectivity index (χ0) is 18.9. The Morgan fingerprint density at radius 2 is 1.92 bits per heavy atom. The highest BCUT2D eigenvalue weighted by Gasteiger charge is 2.30. The lowest BCUT2D eigenvalue weighted by Crippen LogP contribution is -2.30. The van der Waals surface area contributed by atoms with Crippen LogP contribution in [0.2, 0.25) is 0 Å². The molecule has 0 aromatic heterocycles. The fraction of sp³-hybridized carbons (Fsp3) is 0.263. The first-order valence-corrected chi connectivity index (χ1v) is 9.79. The molecule has 0 spiro atoms. The Kier molecular flexibility index (Phi) is 4.82. The maximum absolute atomic E-state index is 12.3. The van der Waals surface area contributed by atoms with E-state index in [1.807, 2.05) is 39.0 Å². The summed E-state index contributed by atoms with van der Waals surface area (Å²) in [4.78, 5) is 16.6. The number of carbonyl (C=O) groups excluding carboxylic acids is 1. The van der Waals surface area contributed by atoms with E-state index >= 15 is 0 Å². The van der Waals surface area contributed by atoms with Crippen LogP contribution >= 0.6 is 0 Å². The SMILES string of the molecule is Cc1ccc(C)c([C@@H](C)NC(=O)CN=C2NS(=O)(=O)c3ccccc32)c1. The van der Waals surface area contributed by atoms with Gasteiger partial charge in [0.1, 0.15) is 12.4 Å². The van der Waals surface area contributed by atoms with E-state index in [9.17, 15) is 13.2 Å². The Morgan fingerprint density at radius 1 is 1.19 bits per heavy atom. The Morgan fingerprint density at radius 3 is 2.69 bits per heavy atom. The minimum absolute atomic E-state index is 0.151. The number of sulfonamides is 1. The second-order valence-corrected chi connectivity index (χ2v) is 8.07. The van der Waals surface area contributed by atoms with Gasteiger partial charge in [0, 0.05) is 5.56 Å². The Balaban J connectivity index is 1.72. The van der Waals surface area contributed by atoms with Crippen LogP contribution in [0, 0.1) is 13.8 Å². The van der Waals surface area contributed by atoms with Gasteiger partial charge in [-0.1, -0.05) is 35.9 Å². The maximum Gasteiger partial charge on any atom is 0.263 e. The first-order valence-electron chi connectivity index (χ1n) is 8.31. The number of amidine groups is 1. The second kappa shape index (κ2) is 6.92. The van der Waals surface area contributed by atoms with Crippen molar-refractivity contribution >= 4 is 21.8 Å². The molecule has 3 rings (SSSR count). The minimum atomic E-state index is -3.59. The molecule has 26 heavy (non-hydrogen) atoms. The van der Waals surface area contributed by atoms with E-state index < -0.39 is 10.0 Å². The number of fused-ring (bicyclic) bond motifs is 1. The highest BCUT2D eigenvalue weighted by molar-refractivity contribution is 7.90. The van der Waals surface area contributed by atoms with E-state index in [0.717, 1.165) is 16.7 Å². The highest BCUT2D eigenvalue weighted by Crippen LogP contribution is 2.22. The Labute approximate surface area is 153 Å². The number of nitrogens with zero attached hydrogens (tertiary/aromatic N) is 1. The third-order valence-corrected chi connectivity index (χ3v) is 5.72. The molecule has 1 amide bonds. The fourth-order valence-corrected chi connectivity index (χ4v) is 4.24. The molecular weight excluding hydrogens is 350 g/mol. The Hall–Kier alpha value is -2.67. The van der Waals surface area contributed by atoms with Gasteiger partial charge in [-0.3, -0.25) is 14.5 Å². The minimum Gasteiger partial charge on any atom is -0.348 e. The van der Waals surface area contributed by atoms with Crippen LogP contribution in [0.1, 0.15) is 35.2 Å². The summed E-state index contributed by atoms with van der Waals surface area (Å²) in [5, 5.41) is 2.91. The van der Waals surface area contributed by atoms with Gasteiger partial charge in [0.25, 0.3) is 10.0 Å². The molecule has 1 aliphatic heterocycles. The summed E-state index contributed by atoms with van der Waals surface area (Å²) in [5.41, 5.74) is 3.77. The van der Waals surface area contributed by atoms with E-state index in [-0.39, 0.29) is 29.2 Å². The van der Waals surface area contributed by atoms with Crippen LogP contribution in [-0.4, -0.2) is 26.7 Å². The summed E-state index contributed by atoms with van der Waals surface area (Å²) >= 11 is 0. The lowest BCUT2D eigenvalue weighted by molar-refractivity contribution is -0.120. The number of hydrogen-bond acceptors (Lipinski definition) is 4. The third-order valence-electron chi connectivity index (χ3n) is 4.32. The predicted molar refractivity (Wildman–Crippen MR) is 101 cm³/mol. The summed E-state index contributed by atoms with van der Waals surface area (Å²) in [6, 6.07) is 12.5. The van der Waals surface area contributed by atoms with Gasteiger partial charge in [-0.15, -0.1) is 0 Å². The van der Waals surface area contributed by atoms with E-state index in [0.29, 0.717) is 5.56 Å². The zero-order valence-corrected chi connectivity index (χ0v) is 15.7. The van der Waals surface area contributed by atoms with Crippen LogP contribution in [0.15, 0.2) is 52.4 Å². The first kappa shape index (κ1) is 18.1. The van der Waals surface area contributed by atoms with Crippen molar-refractivity contribution in [3.8, 4) is 0 Å². The van der Waals surface area contributed by atoms with Crippen molar-refractivity contribution in [2.24, 2.45) is 4.99 Å². The first-order chi connectivity index (χ1) is 12.3. The van der Waals surface area contributed by atoms with Crippen LogP contribution in [-0.2, 0) is 14.8 Å². The standard InChI is InChI=1S/C19H21N3O3S/c1-12-8-9-13(2)16(10-12)14(3)21-18(23)11-20-19-15-6-4-5-7-17(15)26(24,25)22-19/h4-10,14H,11H2,1-3H3,(H,20,22)(H,21,23)/t14-/m1/s1. The van der Waals surface area contributed by atoms with Crippen LogP contribution in [0.25, 0.3) is 0 Å². The number of carbonyl (C=O) groups is 1. The molecular formula is C19H21N3O3S. The largest absolute Gasteiger partial charge is 0.348 e. The molecule has 0 unspecified atom stereocenters. The van der Waals surface area contributed by atoms with Crippen LogP contribution in [0.3, 0.4) is 0 Å². The molecule has 6 nitrogen and oxygen atoms in total. The van der Waals surface area contributed by atoms with Gasteiger partial charge in [-0.05, 0) is 44.0 Å². The number of aliphatic imine (C=N–C) groups is 1. The number of benzene rings is 2. The van der Waals surface area contributed by atoms with Gasteiger partial charge in [0.15, 0.2) is 0 Å². The van der Waals surface area contributed by atoms with Crippen molar-refractivity contribution in [3.05, 3.63) is 64.7 Å². The summed E-state index contributed by atoms with van der Waals surface area (Å²) in [6.45, 7) is 5.77. The smallest absolute Gasteiger partial charge is 0.263 e. The molecule has 0 saturated heterocycles. The molecule has 0 bridgehead atoms. The van der Waals surface area contributed by atoms with Crippen molar-refractivity contribution in [2.75, 3.05) is 6.54 Å². The second-order valence-electron chi connectivity index (χ2n) is 6.42. The quantitative estimate of drug-likeness (QED) is 0.864. The molecule has 0 saturated carbocycles. The normalized spacial score (nSPS) is 17.4. The number of hydrogen-bond donors (Lipinski definition) is 2. The van der Waals surface area contributed by atoms with Gasteiger partial charge >= 0.3 is 0 Å². The number of rotatable bonds is 4. The molecule has 2 N–H and O–H groups in total. The van der Waals surface area contributed by atoms with Gasteiger partial charge in [-0.2, -0.15) is 0 Å². The van der Waals surface area contributed by atoms with Crippen LogP contribution in [0.5, 0.6) is 0 Å². The van der Waals surface area contributed by atoms with E-state index in [1.54, 1.807) is 18.2 Å². The van der Waals surface area contributed by atoms with Crippen LogP contribution < -0.4 is 10.0 Å². The highest BCUT2D eigenvalue weighted by atomic mass is 32.2. The van der Waals surface area contributed by atoms with Crippen LogP contribution in [0.4, 0.5) is 0 Å². The summed E-state index contributed by atoms with van der Waals surface area (Å²) in [7, 11) is -3.59. The van der Waals surface area contributed by atoms with Gasteiger partial charge < -0.3 is 5.32 Å². The molecule has 1 aliphatic rings. The molecule has 2 aromatic rings. The summed E-state index contributed by atoms with van der Waals surface area (Å²) < 4.78 is 26.5. The number of nitrogens with one attached hydrogen (secondary N) is 2. The molecule has 7 heteroatoms. The van der Waals surface area contributed by atoms with Crippen molar-refractivity contribution in [3.63, 3.8) is 0 Å². The van der Waals surface area contributed by atoms with Gasteiger partial charge in [0.2, 0.25) is 5.91 Å². The van der Waals surface area contributed by atoms with E-state index in [2.05, 4.69) is 15.0 Å². The van der Waals surface area contributed by atoms with E-state index in [4.69, 9.17) is 0 Å². The van der Waals surface area contributed by atoms with Crippen molar-refractivity contribution in [1.82, 2.24) is 10.0 Å². The average Bonchev–Trinajstić information content (AvgIpc) is 2.86. The number of amides is 1. The summed E-state index contributed by atoms with van der Waals surface area (Å²) in [6.07, 6.45) is 0. The predicted octanol–water partition coefficient (Wildman–Crippen LogP) is 2.22.